The van der Waals surface area contributed by atoms with Crippen molar-refractivity contribution in [1.82, 2.24) is 10.0 Å². The minimum absolute atomic E-state index is 0.0284. The van der Waals surface area contributed by atoms with Gasteiger partial charge in [-0.25, -0.2) is 13.1 Å². The van der Waals surface area contributed by atoms with E-state index < -0.39 is 10.0 Å². The Bertz CT molecular complexity index is 955. The van der Waals surface area contributed by atoms with Crippen molar-refractivity contribution in [3.63, 3.8) is 0 Å². The zero-order valence-electron chi connectivity index (χ0n) is 15.9. The average Bonchev–Trinajstić information content (AvgIpc) is 3.51. The lowest BCUT2D eigenvalue weighted by Gasteiger charge is -2.13. The molecule has 1 saturated carbocycles. The van der Waals surface area contributed by atoms with E-state index in [1.54, 1.807) is 13.2 Å². The highest BCUT2D eigenvalue weighted by molar-refractivity contribution is 7.89. The van der Waals surface area contributed by atoms with E-state index in [-0.39, 0.29) is 28.2 Å². The zero-order chi connectivity index (χ0) is 20.1. The second-order valence-corrected chi connectivity index (χ2v) is 8.26. The number of sulfonamides is 1. The van der Waals surface area contributed by atoms with Crippen LogP contribution in [0.5, 0.6) is 11.5 Å². The van der Waals surface area contributed by atoms with Gasteiger partial charge in [0.05, 0.1) is 14.2 Å². The number of carbonyl (C=O) groups excluding carboxylic acids is 1. The molecule has 8 heteroatoms. The van der Waals surface area contributed by atoms with Crippen LogP contribution < -0.4 is 19.5 Å². The van der Waals surface area contributed by atoms with E-state index in [4.69, 9.17) is 9.47 Å². The van der Waals surface area contributed by atoms with Gasteiger partial charge in [-0.05, 0) is 49.1 Å². The molecule has 0 saturated heterocycles. The summed E-state index contributed by atoms with van der Waals surface area (Å²) in [5, 5.41) is 2.82. The minimum Gasteiger partial charge on any atom is -0.496 e. The summed E-state index contributed by atoms with van der Waals surface area (Å²) < 4.78 is 38.2. The second-order valence-electron chi connectivity index (χ2n) is 6.58. The Morgan fingerprint density at radius 1 is 1.07 bits per heavy atom. The molecule has 0 spiro atoms. The summed E-state index contributed by atoms with van der Waals surface area (Å²) in [6.45, 7) is 0.396. The fraction of sp³-hybridized carbons (Fsp3) is 0.350. The molecule has 150 valence electrons. The highest BCUT2D eigenvalue weighted by Crippen LogP contribution is 2.28. The van der Waals surface area contributed by atoms with Gasteiger partial charge >= 0.3 is 0 Å². The Labute approximate surface area is 165 Å². The largest absolute Gasteiger partial charge is 0.496 e. The van der Waals surface area contributed by atoms with E-state index in [2.05, 4.69) is 10.0 Å². The van der Waals surface area contributed by atoms with Crippen LogP contribution in [0.15, 0.2) is 47.4 Å². The minimum atomic E-state index is -3.74. The third-order valence-electron chi connectivity index (χ3n) is 4.49. The molecule has 2 N–H and O–H groups in total. The molecular weight excluding hydrogens is 380 g/mol. The van der Waals surface area contributed by atoms with Crippen molar-refractivity contribution in [3.05, 3.63) is 53.6 Å². The molecule has 1 fully saturated rings. The quantitative estimate of drug-likeness (QED) is 0.668. The number of hydrogen-bond donors (Lipinski definition) is 2. The molecule has 1 aliphatic rings. The maximum absolute atomic E-state index is 12.6. The maximum atomic E-state index is 12.6. The van der Waals surface area contributed by atoms with E-state index >= 15 is 0 Å². The van der Waals surface area contributed by atoms with E-state index in [0.717, 1.165) is 24.2 Å². The van der Waals surface area contributed by atoms with Crippen molar-refractivity contribution in [2.24, 2.45) is 0 Å². The Morgan fingerprint density at radius 3 is 2.46 bits per heavy atom. The van der Waals surface area contributed by atoms with Crippen LogP contribution in [0.1, 0.15) is 28.8 Å². The molecule has 0 heterocycles. The van der Waals surface area contributed by atoms with Crippen molar-refractivity contribution in [1.29, 1.82) is 0 Å². The molecular formula is C20H24N2O5S. The van der Waals surface area contributed by atoms with E-state index in [9.17, 15) is 13.2 Å². The highest BCUT2D eigenvalue weighted by Gasteiger charge is 2.30. The first-order valence-electron chi connectivity index (χ1n) is 9.05. The third-order valence-corrected chi connectivity index (χ3v) is 6.03. The second kappa shape index (κ2) is 8.62. The highest BCUT2D eigenvalue weighted by atomic mass is 32.2. The van der Waals surface area contributed by atoms with Gasteiger partial charge in [0, 0.05) is 18.2 Å². The Kier molecular flexibility index (Phi) is 6.21. The van der Waals surface area contributed by atoms with Crippen LogP contribution in [0.25, 0.3) is 0 Å². The van der Waals surface area contributed by atoms with Crippen molar-refractivity contribution < 1.29 is 22.7 Å². The molecule has 2 aromatic carbocycles. The van der Waals surface area contributed by atoms with Crippen LogP contribution in [-0.4, -0.2) is 41.1 Å². The molecule has 28 heavy (non-hydrogen) atoms. The molecule has 2 aromatic rings. The van der Waals surface area contributed by atoms with Crippen LogP contribution in [0, 0.1) is 0 Å². The lowest BCUT2D eigenvalue weighted by molar-refractivity contribution is 0.0953. The third kappa shape index (κ3) is 4.82. The van der Waals surface area contributed by atoms with Crippen LogP contribution in [0.4, 0.5) is 0 Å². The van der Waals surface area contributed by atoms with E-state index in [0.29, 0.717) is 13.0 Å². The summed E-state index contributed by atoms with van der Waals surface area (Å²) in [6, 6.07) is 12.0. The van der Waals surface area contributed by atoms with Gasteiger partial charge in [0.15, 0.2) is 0 Å². The summed E-state index contributed by atoms with van der Waals surface area (Å²) in [5.74, 6) is 0.625. The number of carbonyl (C=O) groups is 1. The molecule has 0 radical (unpaired) electrons. The van der Waals surface area contributed by atoms with Gasteiger partial charge in [-0.1, -0.05) is 18.2 Å². The van der Waals surface area contributed by atoms with Crippen LogP contribution in [0.3, 0.4) is 0 Å². The number of methoxy groups -OCH3 is 2. The summed E-state index contributed by atoms with van der Waals surface area (Å²) in [4.78, 5) is 12.5. The Morgan fingerprint density at radius 2 is 1.79 bits per heavy atom. The van der Waals surface area contributed by atoms with Crippen molar-refractivity contribution in [3.8, 4) is 11.5 Å². The molecule has 0 aliphatic heterocycles. The number of para-hydroxylation sites is 1. The first-order chi connectivity index (χ1) is 13.4. The van der Waals surface area contributed by atoms with Gasteiger partial charge < -0.3 is 14.8 Å². The van der Waals surface area contributed by atoms with Gasteiger partial charge in [0.25, 0.3) is 5.91 Å². The van der Waals surface area contributed by atoms with Gasteiger partial charge in [0.2, 0.25) is 10.0 Å². The standard InChI is InChI=1S/C20H24N2O5S/c1-26-17-6-4-3-5-14(17)11-12-21-20(23)15-7-10-18(27-2)19(13-15)28(24,25)22-16-8-9-16/h3-7,10,13,16,22H,8-9,11-12H2,1-2H3,(H,21,23). The molecule has 0 unspecified atom stereocenters. The van der Waals surface area contributed by atoms with Crippen molar-refractivity contribution >= 4 is 15.9 Å². The fourth-order valence-electron chi connectivity index (χ4n) is 2.83. The molecule has 1 amide bonds. The number of rotatable bonds is 9. The molecule has 3 rings (SSSR count). The number of nitrogens with one attached hydrogen (secondary N) is 2. The Balaban J connectivity index is 1.70. The molecule has 7 nitrogen and oxygen atoms in total. The smallest absolute Gasteiger partial charge is 0.251 e. The Hall–Kier alpha value is -2.58. The summed E-state index contributed by atoms with van der Waals surface area (Å²) in [6.07, 6.45) is 2.25. The summed E-state index contributed by atoms with van der Waals surface area (Å²) in [5.41, 5.74) is 1.24. The summed E-state index contributed by atoms with van der Waals surface area (Å²) in [7, 11) is -0.735. The average molecular weight is 404 g/mol. The van der Waals surface area contributed by atoms with E-state index in [1.807, 2.05) is 24.3 Å². The molecule has 0 bridgehead atoms. The normalized spacial score (nSPS) is 13.8. The SMILES string of the molecule is COc1ccccc1CCNC(=O)c1ccc(OC)c(S(=O)(=O)NC2CC2)c1. The predicted octanol–water partition coefficient (Wildman–Crippen LogP) is 2.12. The molecule has 0 aromatic heterocycles. The topological polar surface area (TPSA) is 93.7 Å². The number of ether oxygens (including phenoxy) is 2. The van der Waals surface area contributed by atoms with Gasteiger partial charge in [-0.2, -0.15) is 0 Å². The van der Waals surface area contributed by atoms with Crippen LogP contribution in [0.2, 0.25) is 0 Å². The van der Waals surface area contributed by atoms with Gasteiger partial charge in [-0.15, -0.1) is 0 Å². The van der Waals surface area contributed by atoms with Crippen molar-refractivity contribution in [2.75, 3.05) is 20.8 Å². The van der Waals surface area contributed by atoms with Gasteiger partial charge in [0.1, 0.15) is 16.4 Å². The lowest BCUT2D eigenvalue weighted by Crippen LogP contribution is -2.28. The van der Waals surface area contributed by atoms with Gasteiger partial charge in [-0.3, -0.25) is 4.79 Å². The summed E-state index contributed by atoms with van der Waals surface area (Å²) >= 11 is 0. The first kappa shape index (κ1) is 20.2. The maximum Gasteiger partial charge on any atom is 0.251 e. The number of hydrogen-bond acceptors (Lipinski definition) is 5. The lowest BCUT2D eigenvalue weighted by atomic mass is 10.1. The number of benzene rings is 2. The molecule has 0 atom stereocenters. The zero-order valence-corrected chi connectivity index (χ0v) is 16.7. The number of amides is 1. The monoisotopic (exact) mass is 404 g/mol. The fourth-order valence-corrected chi connectivity index (χ4v) is 4.33. The predicted molar refractivity (Wildman–Crippen MR) is 105 cm³/mol. The van der Waals surface area contributed by atoms with Crippen molar-refractivity contribution in [2.45, 2.75) is 30.2 Å². The van der Waals surface area contributed by atoms with Crippen LogP contribution in [-0.2, 0) is 16.4 Å². The van der Waals surface area contributed by atoms with Crippen LogP contribution >= 0.6 is 0 Å². The van der Waals surface area contributed by atoms with E-state index in [1.165, 1.54) is 19.2 Å². The molecule has 1 aliphatic carbocycles. The first-order valence-corrected chi connectivity index (χ1v) is 10.5.